The molecule has 0 aliphatic heterocycles. The third-order valence-electron chi connectivity index (χ3n) is 4.96. The fraction of sp³-hybridized carbons (Fsp3) is 0.217. The van der Waals surface area contributed by atoms with E-state index < -0.39 is 33.1 Å². The minimum Gasteiger partial charge on any atom is -0.368 e. The van der Waals surface area contributed by atoms with Crippen LogP contribution in [0, 0.1) is 12.7 Å². The van der Waals surface area contributed by atoms with Gasteiger partial charge in [0.1, 0.15) is 18.0 Å². The maximum atomic E-state index is 13.1. The molecule has 0 aliphatic carbocycles. The smallest absolute Gasteiger partial charge is 0.275 e. The number of carbonyl (C=O) groups is 1. The maximum Gasteiger partial charge on any atom is 0.275 e. The summed E-state index contributed by atoms with van der Waals surface area (Å²) in [5, 5.41) is 0. The van der Waals surface area contributed by atoms with Crippen LogP contribution in [0.3, 0.4) is 0 Å². The molecule has 1 amide bonds. The van der Waals surface area contributed by atoms with Crippen LogP contribution in [0.5, 0.6) is 0 Å². The van der Waals surface area contributed by atoms with E-state index in [1.54, 1.807) is 13.0 Å². The molecule has 3 N–H and O–H groups in total. The van der Waals surface area contributed by atoms with Crippen LogP contribution < -0.4 is 16.0 Å². The number of halogens is 1. The molecule has 0 saturated heterocycles. The van der Waals surface area contributed by atoms with E-state index in [4.69, 9.17) is 5.73 Å². The van der Waals surface area contributed by atoms with Crippen molar-refractivity contribution in [2.24, 2.45) is 5.73 Å². The monoisotopic (exact) mass is 457 g/mol. The van der Waals surface area contributed by atoms with Gasteiger partial charge >= 0.3 is 0 Å². The van der Waals surface area contributed by atoms with Gasteiger partial charge in [0.15, 0.2) is 0 Å². The van der Waals surface area contributed by atoms with Crippen molar-refractivity contribution < 1.29 is 17.6 Å². The number of amides is 1. The summed E-state index contributed by atoms with van der Waals surface area (Å²) in [6.45, 7) is 1.30. The minimum atomic E-state index is -3.99. The summed E-state index contributed by atoms with van der Waals surface area (Å²) in [5.74, 6) is -1.63. The number of carbonyl (C=O) groups excluding carboxylic acids is 1. The number of rotatable bonds is 9. The molecule has 0 spiro atoms. The van der Waals surface area contributed by atoms with Crippen molar-refractivity contribution in [3.63, 3.8) is 0 Å². The molecule has 0 bridgehead atoms. The Kier molecular flexibility index (Phi) is 7.09. The number of sulfonamides is 1. The Morgan fingerprint density at radius 3 is 2.31 bits per heavy atom. The van der Waals surface area contributed by atoms with Crippen LogP contribution in [0.25, 0.3) is 0 Å². The number of nitrogens with one attached hydrogen (secondary N) is 1. The SMILES string of the molecule is Cc1cc(CCc2ccccc2)c(NS(=O)(=O)Cc2ccc(F)cc2)c(=O)n1CC(N)=O. The average Bonchev–Trinajstić information content (AvgIpc) is 2.74. The lowest BCUT2D eigenvalue weighted by Gasteiger charge is -2.17. The van der Waals surface area contributed by atoms with Gasteiger partial charge in [0.05, 0.1) is 5.75 Å². The minimum absolute atomic E-state index is 0.116. The van der Waals surface area contributed by atoms with Crippen LogP contribution in [-0.2, 0) is 40.0 Å². The fourth-order valence-electron chi connectivity index (χ4n) is 3.41. The number of aromatic nitrogens is 1. The Morgan fingerprint density at radius 2 is 1.69 bits per heavy atom. The summed E-state index contributed by atoms with van der Waals surface area (Å²) in [6.07, 6.45) is 0.998. The summed E-state index contributed by atoms with van der Waals surface area (Å²) < 4.78 is 42.3. The Hall–Kier alpha value is -3.46. The van der Waals surface area contributed by atoms with Crippen molar-refractivity contribution in [3.8, 4) is 0 Å². The van der Waals surface area contributed by atoms with Crippen molar-refractivity contribution in [1.29, 1.82) is 0 Å². The normalized spacial score (nSPS) is 11.3. The lowest BCUT2D eigenvalue weighted by atomic mass is 10.0. The topological polar surface area (TPSA) is 111 Å². The third kappa shape index (κ3) is 6.04. The van der Waals surface area contributed by atoms with Crippen molar-refractivity contribution >= 4 is 21.6 Å². The van der Waals surface area contributed by atoms with E-state index in [1.807, 2.05) is 30.3 Å². The molecule has 0 fully saturated rings. The molecule has 3 rings (SSSR count). The molecule has 0 radical (unpaired) electrons. The first kappa shape index (κ1) is 23.2. The molecular weight excluding hydrogens is 433 g/mol. The second-order valence-corrected chi connectivity index (χ2v) is 9.24. The van der Waals surface area contributed by atoms with Gasteiger partial charge in [-0.2, -0.15) is 0 Å². The highest BCUT2D eigenvalue weighted by Crippen LogP contribution is 2.19. The fourth-order valence-corrected chi connectivity index (χ4v) is 4.64. The number of anilines is 1. The van der Waals surface area contributed by atoms with E-state index in [9.17, 15) is 22.4 Å². The molecule has 9 heteroatoms. The van der Waals surface area contributed by atoms with Crippen LogP contribution in [-0.4, -0.2) is 18.9 Å². The molecular formula is C23H24FN3O4S. The zero-order chi connectivity index (χ0) is 23.3. The van der Waals surface area contributed by atoms with Crippen molar-refractivity contribution in [2.45, 2.75) is 32.1 Å². The summed E-state index contributed by atoms with van der Waals surface area (Å²) in [4.78, 5) is 24.5. The van der Waals surface area contributed by atoms with E-state index in [-0.39, 0.29) is 12.2 Å². The largest absolute Gasteiger partial charge is 0.368 e. The third-order valence-corrected chi connectivity index (χ3v) is 6.18. The first-order valence-corrected chi connectivity index (χ1v) is 11.6. The lowest BCUT2D eigenvalue weighted by molar-refractivity contribution is -0.118. The van der Waals surface area contributed by atoms with E-state index in [0.717, 1.165) is 10.1 Å². The molecule has 3 aromatic rings. The van der Waals surface area contributed by atoms with Crippen LogP contribution in [0.15, 0.2) is 65.5 Å². The number of hydrogen-bond donors (Lipinski definition) is 2. The van der Waals surface area contributed by atoms with E-state index >= 15 is 0 Å². The predicted octanol–water partition coefficient (Wildman–Crippen LogP) is 2.51. The van der Waals surface area contributed by atoms with Crippen LogP contribution in [0.2, 0.25) is 0 Å². The van der Waals surface area contributed by atoms with Gasteiger partial charge in [0.2, 0.25) is 15.9 Å². The van der Waals surface area contributed by atoms with Gasteiger partial charge in [0, 0.05) is 5.69 Å². The standard InChI is InChI=1S/C23H24FN3O4S/c1-16-13-19(10-7-17-5-3-2-4-6-17)22(23(29)27(16)14-21(25)28)26-32(30,31)15-18-8-11-20(24)12-9-18/h2-6,8-9,11-13,26H,7,10,14-15H2,1H3,(H2,25,28). The molecule has 0 unspecified atom stereocenters. The van der Waals surface area contributed by atoms with Gasteiger partial charge in [-0.05, 0) is 54.7 Å². The molecule has 1 heterocycles. The van der Waals surface area contributed by atoms with Gasteiger partial charge in [-0.15, -0.1) is 0 Å². The van der Waals surface area contributed by atoms with Gasteiger partial charge < -0.3 is 10.3 Å². The number of hydrogen-bond acceptors (Lipinski definition) is 4. The zero-order valence-electron chi connectivity index (χ0n) is 17.5. The van der Waals surface area contributed by atoms with E-state index in [1.165, 1.54) is 24.3 Å². The van der Waals surface area contributed by atoms with Gasteiger partial charge in [-0.25, -0.2) is 12.8 Å². The van der Waals surface area contributed by atoms with Gasteiger partial charge in [0.25, 0.3) is 5.56 Å². The van der Waals surface area contributed by atoms with Crippen LogP contribution in [0.1, 0.15) is 22.4 Å². The highest BCUT2D eigenvalue weighted by atomic mass is 32.2. The highest BCUT2D eigenvalue weighted by Gasteiger charge is 2.20. The molecule has 32 heavy (non-hydrogen) atoms. The van der Waals surface area contributed by atoms with Crippen molar-refractivity contribution in [2.75, 3.05) is 4.72 Å². The van der Waals surface area contributed by atoms with Gasteiger partial charge in [-0.3, -0.25) is 14.3 Å². The van der Waals surface area contributed by atoms with Crippen LogP contribution >= 0.6 is 0 Å². The summed E-state index contributed by atoms with van der Waals surface area (Å²) >= 11 is 0. The number of nitrogens with two attached hydrogens (primary N) is 1. The number of nitrogens with zero attached hydrogens (tertiary/aromatic N) is 1. The predicted molar refractivity (Wildman–Crippen MR) is 121 cm³/mol. The van der Waals surface area contributed by atoms with Crippen molar-refractivity contribution in [3.05, 3.63) is 99.2 Å². The van der Waals surface area contributed by atoms with E-state index in [2.05, 4.69) is 4.72 Å². The quantitative estimate of drug-likeness (QED) is 0.514. The summed E-state index contributed by atoms with van der Waals surface area (Å²) in [5.41, 5.74) is 6.91. The Bertz CT molecular complexity index is 1270. The molecule has 1 aromatic heterocycles. The first-order valence-electron chi connectivity index (χ1n) is 9.95. The molecule has 7 nitrogen and oxygen atoms in total. The number of benzene rings is 2. The average molecular weight is 458 g/mol. The molecule has 168 valence electrons. The summed E-state index contributed by atoms with van der Waals surface area (Å²) in [6, 6.07) is 16.3. The second-order valence-electron chi connectivity index (χ2n) is 7.52. The Labute approximate surface area is 185 Å². The first-order chi connectivity index (χ1) is 15.1. The van der Waals surface area contributed by atoms with E-state index in [0.29, 0.717) is 29.7 Å². The number of aryl methyl sites for hydroxylation is 3. The number of pyridine rings is 1. The van der Waals surface area contributed by atoms with Crippen LogP contribution in [0.4, 0.5) is 10.1 Å². The van der Waals surface area contributed by atoms with Gasteiger partial charge in [-0.1, -0.05) is 42.5 Å². The molecule has 2 aromatic carbocycles. The van der Waals surface area contributed by atoms with Crippen molar-refractivity contribution in [1.82, 2.24) is 4.57 Å². The maximum absolute atomic E-state index is 13.1. The molecule has 0 saturated carbocycles. The Morgan fingerprint density at radius 1 is 1.03 bits per heavy atom. The lowest BCUT2D eigenvalue weighted by Crippen LogP contribution is -2.33. The summed E-state index contributed by atoms with van der Waals surface area (Å²) in [7, 11) is -3.99. The highest BCUT2D eigenvalue weighted by molar-refractivity contribution is 7.91. The molecule has 0 atom stereocenters. The Balaban J connectivity index is 1.97. The number of primary amides is 1. The molecule has 0 aliphatic rings. The zero-order valence-corrected chi connectivity index (χ0v) is 18.4. The second kappa shape index (κ2) is 9.78.